The van der Waals surface area contributed by atoms with Gasteiger partial charge in [-0.15, -0.1) is 0 Å². The standard InChI is InChI=1S/C16H12BrNO5/c17-14-9-11(5-7-16(19)20)4-6-15(14)23-10-12-2-1-3-13(8-12)18(21)22/h1-9H,10H2,(H,19,20)/b7-5+. The van der Waals surface area contributed by atoms with Crippen molar-refractivity contribution in [3.05, 3.63) is 74.3 Å². The van der Waals surface area contributed by atoms with Crippen LogP contribution in [0.3, 0.4) is 0 Å². The van der Waals surface area contributed by atoms with Crippen LogP contribution in [0, 0.1) is 10.1 Å². The molecule has 0 aliphatic rings. The number of nitro groups is 1. The lowest BCUT2D eigenvalue weighted by Crippen LogP contribution is -1.97. The molecule has 0 unspecified atom stereocenters. The second-order valence-corrected chi connectivity index (χ2v) is 5.43. The number of nitro benzene ring substituents is 1. The largest absolute Gasteiger partial charge is 0.488 e. The summed E-state index contributed by atoms with van der Waals surface area (Å²) in [5.41, 5.74) is 1.40. The van der Waals surface area contributed by atoms with Crippen LogP contribution in [-0.4, -0.2) is 16.0 Å². The summed E-state index contributed by atoms with van der Waals surface area (Å²) in [6, 6.07) is 11.4. The molecule has 1 N–H and O–H groups in total. The number of halogens is 1. The molecule has 7 heteroatoms. The van der Waals surface area contributed by atoms with Gasteiger partial charge < -0.3 is 9.84 Å². The maximum atomic E-state index is 10.7. The van der Waals surface area contributed by atoms with Gasteiger partial charge in [-0.3, -0.25) is 10.1 Å². The maximum Gasteiger partial charge on any atom is 0.328 e. The fourth-order valence-corrected chi connectivity index (χ4v) is 2.34. The highest BCUT2D eigenvalue weighted by Gasteiger charge is 2.07. The predicted octanol–water partition coefficient (Wildman–Crippen LogP) is 4.03. The third kappa shape index (κ3) is 4.93. The van der Waals surface area contributed by atoms with Gasteiger partial charge in [0.25, 0.3) is 5.69 Å². The van der Waals surface area contributed by atoms with Gasteiger partial charge in [-0.05, 0) is 45.3 Å². The van der Waals surface area contributed by atoms with Crippen LogP contribution in [0.1, 0.15) is 11.1 Å². The first-order valence-corrected chi connectivity index (χ1v) is 7.31. The molecule has 0 spiro atoms. The molecule has 2 aromatic carbocycles. The summed E-state index contributed by atoms with van der Waals surface area (Å²) in [6.45, 7) is 0.185. The Labute approximate surface area is 140 Å². The predicted molar refractivity (Wildman–Crippen MR) is 88.2 cm³/mol. The van der Waals surface area contributed by atoms with E-state index in [1.165, 1.54) is 18.2 Å². The van der Waals surface area contributed by atoms with E-state index in [4.69, 9.17) is 9.84 Å². The van der Waals surface area contributed by atoms with Crippen molar-refractivity contribution < 1.29 is 19.6 Å². The van der Waals surface area contributed by atoms with Gasteiger partial charge in [0.2, 0.25) is 0 Å². The minimum absolute atomic E-state index is 0.0133. The first kappa shape index (κ1) is 16.7. The smallest absolute Gasteiger partial charge is 0.328 e. The van der Waals surface area contributed by atoms with Crippen LogP contribution in [0.25, 0.3) is 6.08 Å². The number of rotatable bonds is 6. The average Bonchev–Trinajstić information content (AvgIpc) is 2.52. The summed E-state index contributed by atoms with van der Waals surface area (Å²) < 4.78 is 6.29. The van der Waals surface area contributed by atoms with Crippen molar-refractivity contribution in [2.45, 2.75) is 6.61 Å². The van der Waals surface area contributed by atoms with Crippen molar-refractivity contribution in [3.8, 4) is 5.75 Å². The maximum absolute atomic E-state index is 10.7. The van der Waals surface area contributed by atoms with Gasteiger partial charge in [-0.1, -0.05) is 18.2 Å². The van der Waals surface area contributed by atoms with Crippen molar-refractivity contribution in [1.29, 1.82) is 0 Å². The summed E-state index contributed by atoms with van der Waals surface area (Å²) in [4.78, 5) is 20.8. The number of ether oxygens (including phenoxy) is 1. The number of hydrogen-bond acceptors (Lipinski definition) is 4. The molecular weight excluding hydrogens is 366 g/mol. The van der Waals surface area contributed by atoms with Crippen LogP contribution in [0.5, 0.6) is 5.75 Å². The number of carbonyl (C=O) groups is 1. The molecular formula is C16H12BrNO5. The Morgan fingerprint density at radius 1 is 1.30 bits per heavy atom. The van der Waals surface area contributed by atoms with Gasteiger partial charge in [-0.25, -0.2) is 4.79 Å². The molecule has 118 valence electrons. The molecule has 0 fully saturated rings. The molecule has 0 radical (unpaired) electrons. The van der Waals surface area contributed by atoms with Crippen LogP contribution >= 0.6 is 15.9 Å². The van der Waals surface area contributed by atoms with E-state index >= 15 is 0 Å². The minimum Gasteiger partial charge on any atom is -0.488 e. The Kier molecular flexibility index (Phi) is 5.48. The molecule has 0 saturated carbocycles. The molecule has 23 heavy (non-hydrogen) atoms. The number of carboxylic acids is 1. The van der Waals surface area contributed by atoms with Gasteiger partial charge in [0.05, 0.1) is 9.40 Å². The molecule has 0 aliphatic heterocycles. The Morgan fingerprint density at radius 3 is 2.74 bits per heavy atom. The quantitative estimate of drug-likeness (QED) is 0.466. The van der Waals surface area contributed by atoms with E-state index in [0.29, 0.717) is 21.3 Å². The van der Waals surface area contributed by atoms with Crippen molar-refractivity contribution in [2.75, 3.05) is 0 Å². The van der Waals surface area contributed by atoms with Crippen LogP contribution in [0.2, 0.25) is 0 Å². The van der Waals surface area contributed by atoms with E-state index in [-0.39, 0.29) is 12.3 Å². The van der Waals surface area contributed by atoms with E-state index in [1.54, 1.807) is 30.3 Å². The van der Waals surface area contributed by atoms with Crippen molar-refractivity contribution >= 4 is 33.7 Å². The summed E-state index contributed by atoms with van der Waals surface area (Å²) in [7, 11) is 0. The van der Waals surface area contributed by atoms with Crippen LogP contribution in [0.4, 0.5) is 5.69 Å². The third-order valence-electron chi connectivity index (χ3n) is 2.89. The van der Waals surface area contributed by atoms with Gasteiger partial charge in [0.1, 0.15) is 12.4 Å². The Hall–Kier alpha value is -2.67. The summed E-state index contributed by atoms with van der Waals surface area (Å²) in [6.07, 6.45) is 2.52. The lowest BCUT2D eigenvalue weighted by molar-refractivity contribution is -0.384. The van der Waals surface area contributed by atoms with Crippen LogP contribution < -0.4 is 4.74 Å². The number of benzene rings is 2. The molecule has 0 aromatic heterocycles. The molecule has 0 amide bonds. The highest BCUT2D eigenvalue weighted by Crippen LogP contribution is 2.27. The summed E-state index contributed by atoms with van der Waals surface area (Å²) >= 11 is 3.35. The zero-order valence-electron chi connectivity index (χ0n) is 11.8. The van der Waals surface area contributed by atoms with E-state index in [2.05, 4.69) is 15.9 Å². The van der Waals surface area contributed by atoms with Crippen LogP contribution in [0.15, 0.2) is 53.0 Å². The van der Waals surface area contributed by atoms with E-state index < -0.39 is 10.9 Å². The number of carboxylic acid groups (broad SMARTS) is 1. The molecule has 6 nitrogen and oxygen atoms in total. The van der Waals surface area contributed by atoms with E-state index in [1.807, 2.05) is 0 Å². The SMILES string of the molecule is O=C(O)/C=C/c1ccc(OCc2cccc([N+](=O)[O-])c2)c(Br)c1. The fourth-order valence-electron chi connectivity index (χ4n) is 1.83. The Bertz CT molecular complexity index is 773. The number of non-ortho nitro benzene ring substituents is 1. The molecule has 2 aromatic rings. The summed E-state index contributed by atoms with van der Waals surface area (Å²) in [5, 5.41) is 19.3. The molecule has 0 bridgehead atoms. The number of nitrogens with zero attached hydrogens (tertiary/aromatic N) is 1. The molecule has 0 saturated heterocycles. The molecule has 2 rings (SSSR count). The monoisotopic (exact) mass is 377 g/mol. The fraction of sp³-hybridized carbons (Fsp3) is 0.0625. The lowest BCUT2D eigenvalue weighted by Gasteiger charge is -2.09. The zero-order valence-corrected chi connectivity index (χ0v) is 13.4. The first-order chi connectivity index (χ1) is 11.0. The Balaban J connectivity index is 2.07. The lowest BCUT2D eigenvalue weighted by atomic mass is 10.2. The minimum atomic E-state index is -1.02. The average molecular weight is 378 g/mol. The second-order valence-electron chi connectivity index (χ2n) is 4.58. The zero-order chi connectivity index (χ0) is 16.8. The normalized spacial score (nSPS) is 10.7. The second kappa shape index (κ2) is 7.55. The molecule has 0 atom stereocenters. The molecule has 0 heterocycles. The van der Waals surface area contributed by atoms with Crippen molar-refractivity contribution in [2.24, 2.45) is 0 Å². The van der Waals surface area contributed by atoms with Crippen molar-refractivity contribution in [1.82, 2.24) is 0 Å². The van der Waals surface area contributed by atoms with Gasteiger partial charge in [0.15, 0.2) is 0 Å². The highest BCUT2D eigenvalue weighted by atomic mass is 79.9. The number of hydrogen-bond donors (Lipinski definition) is 1. The molecule has 0 aliphatic carbocycles. The van der Waals surface area contributed by atoms with Crippen molar-refractivity contribution in [3.63, 3.8) is 0 Å². The highest BCUT2D eigenvalue weighted by molar-refractivity contribution is 9.10. The van der Waals surface area contributed by atoms with E-state index in [0.717, 1.165) is 6.08 Å². The van der Waals surface area contributed by atoms with Gasteiger partial charge in [-0.2, -0.15) is 0 Å². The first-order valence-electron chi connectivity index (χ1n) is 6.52. The summed E-state index contributed by atoms with van der Waals surface area (Å²) in [5.74, 6) is -0.462. The van der Waals surface area contributed by atoms with E-state index in [9.17, 15) is 14.9 Å². The number of aliphatic carboxylic acids is 1. The third-order valence-corrected chi connectivity index (χ3v) is 3.51. The topological polar surface area (TPSA) is 89.7 Å². The Morgan fingerprint density at radius 2 is 2.09 bits per heavy atom. The van der Waals surface area contributed by atoms with Gasteiger partial charge in [0, 0.05) is 18.2 Å². The van der Waals surface area contributed by atoms with Crippen LogP contribution in [-0.2, 0) is 11.4 Å². The van der Waals surface area contributed by atoms with Gasteiger partial charge >= 0.3 is 5.97 Å².